The van der Waals surface area contributed by atoms with Crippen molar-refractivity contribution in [3.05, 3.63) is 24.3 Å². The van der Waals surface area contributed by atoms with Crippen LogP contribution in [-0.2, 0) is 0 Å². The van der Waals surface area contributed by atoms with Crippen molar-refractivity contribution >= 4 is 12.8 Å². The smallest absolute Gasteiger partial charge is 0.153 e. The number of aromatic nitrogens is 2. The molecule has 14 heavy (non-hydrogen) atoms. The summed E-state index contributed by atoms with van der Waals surface area (Å²) >= 11 is 0. The summed E-state index contributed by atoms with van der Waals surface area (Å²) in [4.78, 5) is 4.11. The Kier molecular flexibility index (Phi) is 10.5. The summed E-state index contributed by atoms with van der Waals surface area (Å²) in [6.45, 7) is 16.9. The van der Waals surface area contributed by atoms with Crippen molar-refractivity contribution < 1.29 is 0 Å². The lowest BCUT2D eigenvalue weighted by molar-refractivity contribution is 0.872. The summed E-state index contributed by atoms with van der Waals surface area (Å²) in [6, 6.07) is 0. The van der Waals surface area contributed by atoms with Crippen LogP contribution in [0.5, 0.6) is 0 Å². The van der Waals surface area contributed by atoms with E-state index in [1.54, 1.807) is 16.9 Å². The van der Waals surface area contributed by atoms with Gasteiger partial charge in [0.25, 0.3) is 0 Å². The molecule has 0 fully saturated rings. The molecule has 80 valence electrons. The van der Waals surface area contributed by atoms with Crippen LogP contribution in [0.15, 0.2) is 17.9 Å². The molecule has 0 atom stereocenters. The molecule has 3 nitrogen and oxygen atoms in total. The van der Waals surface area contributed by atoms with Crippen molar-refractivity contribution in [1.29, 1.82) is 0 Å². The molecule has 0 bridgehead atoms. The average molecular weight is 195 g/mol. The number of aryl methyl sites for hydroxylation is 1. The molecule has 0 aliphatic heterocycles. The van der Waals surface area contributed by atoms with E-state index in [4.69, 9.17) is 0 Å². The van der Waals surface area contributed by atoms with E-state index in [1.165, 1.54) is 0 Å². The minimum absolute atomic E-state index is 0.729. The van der Waals surface area contributed by atoms with Gasteiger partial charge in [-0.15, -0.1) is 0 Å². The first-order valence-electron chi connectivity index (χ1n) is 4.93. The van der Waals surface area contributed by atoms with Crippen LogP contribution < -0.4 is 0 Å². The van der Waals surface area contributed by atoms with Gasteiger partial charge in [-0.1, -0.05) is 34.3 Å². The standard InChI is InChI=1S/C7H9N3.2C2H6/c1-4-7-9-6(2)5-10(7)8-3;2*1-2/h4-5H,1,3H2,2H3;2*1-2H3. The van der Waals surface area contributed by atoms with Gasteiger partial charge in [-0.2, -0.15) is 5.10 Å². The topological polar surface area (TPSA) is 30.2 Å². The number of hydrogen-bond acceptors (Lipinski definition) is 2. The second-order valence-corrected chi connectivity index (χ2v) is 1.93. The second-order valence-electron chi connectivity index (χ2n) is 1.93. The van der Waals surface area contributed by atoms with Gasteiger partial charge >= 0.3 is 0 Å². The summed E-state index contributed by atoms with van der Waals surface area (Å²) in [7, 11) is 0. The fraction of sp³-hybridized carbons (Fsp3) is 0.455. The van der Waals surface area contributed by atoms with Crippen LogP contribution in [0.2, 0.25) is 0 Å². The third-order valence-electron chi connectivity index (χ3n) is 1.17. The maximum Gasteiger partial charge on any atom is 0.153 e. The SMILES string of the molecule is C=Cc1nc(C)cn1N=C.CC.CC. The lowest BCUT2D eigenvalue weighted by Crippen LogP contribution is -1.87. The van der Waals surface area contributed by atoms with Crippen LogP contribution in [0.3, 0.4) is 0 Å². The van der Waals surface area contributed by atoms with Crippen LogP contribution in [0, 0.1) is 6.92 Å². The third kappa shape index (κ3) is 4.60. The first kappa shape index (κ1) is 15.1. The molecule has 0 saturated heterocycles. The van der Waals surface area contributed by atoms with Crippen LogP contribution in [0.4, 0.5) is 0 Å². The lowest BCUT2D eigenvalue weighted by Gasteiger charge is -1.90. The number of hydrogen-bond donors (Lipinski definition) is 0. The summed E-state index contributed by atoms with van der Waals surface area (Å²) < 4.78 is 1.59. The van der Waals surface area contributed by atoms with E-state index in [2.05, 4.69) is 23.4 Å². The number of nitrogens with zero attached hydrogens (tertiary/aromatic N) is 3. The van der Waals surface area contributed by atoms with E-state index < -0.39 is 0 Å². The van der Waals surface area contributed by atoms with Gasteiger partial charge in [0.05, 0.1) is 11.9 Å². The molecule has 0 amide bonds. The number of imidazole rings is 1. The maximum atomic E-state index is 4.11. The highest BCUT2D eigenvalue weighted by Gasteiger charge is 1.97. The fourth-order valence-electron chi connectivity index (χ4n) is 0.756. The fourth-order valence-corrected chi connectivity index (χ4v) is 0.756. The van der Waals surface area contributed by atoms with Gasteiger partial charge in [0, 0.05) is 6.72 Å². The van der Waals surface area contributed by atoms with Gasteiger partial charge in [-0.25, -0.2) is 9.66 Å². The molecule has 0 aliphatic rings. The van der Waals surface area contributed by atoms with Crippen LogP contribution in [0.25, 0.3) is 6.08 Å². The Balaban J connectivity index is 0. The van der Waals surface area contributed by atoms with Crippen molar-refractivity contribution in [3.63, 3.8) is 0 Å². The zero-order valence-corrected chi connectivity index (χ0v) is 9.91. The average Bonchev–Trinajstić information content (AvgIpc) is 2.64. The van der Waals surface area contributed by atoms with E-state index in [9.17, 15) is 0 Å². The summed E-state index contributed by atoms with van der Waals surface area (Å²) in [5.74, 6) is 0.729. The summed E-state index contributed by atoms with van der Waals surface area (Å²) in [6.07, 6.45) is 3.44. The third-order valence-corrected chi connectivity index (χ3v) is 1.17. The molecule has 0 aliphatic carbocycles. The molecule has 1 aromatic rings. The van der Waals surface area contributed by atoms with Crippen molar-refractivity contribution in [3.8, 4) is 0 Å². The Morgan fingerprint density at radius 3 is 2.14 bits per heavy atom. The van der Waals surface area contributed by atoms with Gasteiger partial charge in [-0.3, -0.25) is 0 Å². The Bertz CT molecular complexity index is 236. The highest BCUT2D eigenvalue weighted by atomic mass is 15.4. The molecular weight excluding hydrogens is 174 g/mol. The van der Waals surface area contributed by atoms with E-state index in [1.807, 2.05) is 34.6 Å². The first-order chi connectivity index (χ1) is 6.77. The monoisotopic (exact) mass is 195 g/mol. The molecule has 3 heteroatoms. The molecular formula is C11H21N3. The Morgan fingerprint density at radius 2 is 1.86 bits per heavy atom. The van der Waals surface area contributed by atoms with Gasteiger partial charge in [0.1, 0.15) is 0 Å². The van der Waals surface area contributed by atoms with E-state index in [-0.39, 0.29) is 0 Å². The summed E-state index contributed by atoms with van der Waals surface area (Å²) in [5.41, 5.74) is 0.919. The van der Waals surface area contributed by atoms with Crippen molar-refractivity contribution in [2.75, 3.05) is 0 Å². The maximum absolute atomic E-state index is 4.11. The predicted molar refractivity (Wildman–Crippen MR) is 64.7 cm³/mol. The molecule has 0 N–H and O–H groups in total. The molecule has 1 aromatic heterocycles. The normalized spacial score (nSPS) is 7.50. The Hall–Kier alpha value is -1.38. The zero-order chi connectivity index (χ0) is 11.6. The van der Waals surface area contributed by atoms with E-state index in [0.29, 0.717) is 0 Å². The van der Waals surface area contributed by atoms with Crippen molar-refractivity contribution in [1.82, 2.24) is 9.66 Å². The van der Waals surface area contributed by atoms with Gasteiger partial charge < -0.3 is 0 Å². The summed E-state index contributed by atoms with van der Waals surface area (Å²) in [5, 5.41) is 3.70. The highest BCUT2D eigenvalue weighted by molar-refractivity contribution is 5.38. The first-order valence-corrected chi connectivity index (χ1v) is 4.93. The van der Waals surface area contributed by atoms with E-state index in [0.717, 1.165) is 11.5 Å². The number of rotatable bonds is 2. The molecule has 0 spiro atoms. The van der Waals surface area contributed by atoms with Crippen LogP contribution in [0.1, 0.15) is 39.2 Å². The molecule has 0 unspecified atom stereocenters. The zero-order valence-electron chi connectivity index (χ0n) is 9.91. The Labute approximate surface area is 87.2 Å². The predicted octanol–water partition coefficient (Wildman–Crippen LogP) is 3.35. The quantitative estimate of drug-likeness (QED) is 0.665. The van der Waals surface area contributed by atoms with Gasteiger partial charge in [-0.05, 0) is 13.0 Å². The Morgan fingerprint density at radius 1 is 1.36 bits per heavy atom. The minimum Gasteiger partial charge on any atom is -0.232 e. The highest BCUT2D eigenvalue weighted by Crippen LogP contribution is 2.01. The van der Waals surface area contributed by atoms with Crippen LogP contribution >= 0.6 is 0 Å². The van der Waals surface area contributed by atoms with Gasteiger partial charge in [0.15, 0.2) is 5.82 Å². The van der Waals surface area contributed by atoms with Crippen LogP contribution in [-0.4, -0.2) is 16.4 Å². The second kappa shape index (κ2) is 9.71. The van der Waals surface area contributed by atoms with Crippen molar-refractivity contribution in [2.45, 2.75) is 34.6 Å². The lowest BCUT2D eigenvalue weighted by atomic mass is 10.6. The minimum atomic E-state index is 0.729. The largest absolute Gasteiger partial charge is 0.232 e. The molecule has 1 rings (SSSR count). The molecule has 1 heterocycles. The van der Waals surface area contributed by atoms with Gasteiger partial charge in [0.2, 0.25) is 0 Å². The molecule has 0 aromatic carbocycles. The molecule has 0 saturated carbocycles. The van der Waals surface area contributed by atoms with E-state index >= 15 is 0 Å². The molecule has 0 radical (unpaired) electrons. The van der Waals surface area contributed by atoms with Crippen molar-refractivity contribution in [2.24, 2.45) is 5.10 Å².